The Hall–Kier alpha value is -4.46. The number of aromatic nitrogens is 5. The molecule has 0 amide bonds. The monoisotopic (exact) mass is 463 g/mol. The van der Waals surface area contributed by atoms with Crippen LogP contribution in [0.2, 0.25) is 0 Å². The first-order valence-electron chi connectivity index (χ1n) is 11.7. The minimum absolute atomic E-state index is 0.576. The highest BCUT2D eigenvalue weighted by atomic mass is 16.5. The van der Waals surface area contributed by atoms with Gasteiger partial charge in [-0.25, -0.2) is 4.98 Å². The number of methoxy groups -OCH3 is 1. The quantitative estimate of drug-likeness (QED) is 0.387. The summed E-state index contributed by atoms with van der Waals surface area (Å²) >= 11 is 0. The molecule has 1 fully saturated rings. The van der Waals surface area contributed by atoms with Crippen LogP contribution in [0.5, 0.6) is 5.75 Å². The Morgan fingerprint density at radius 2 is 1.51 bits per heavy atom. The summed E-state index contributed by atoms with van der Waals surface area (Å²) in [5.41, 5.74) is 3.92. The minimum Gasteiger partial charge on any atom is -0.495 e. The highest BCUT2D eigenvalue weighted by molar-refractivity contribution is 5.68. The van der Waals surface area contributed by atoms with Crippen LogP contribution in [0.4, 0.5) is 11.5 Å². The predicted octanol–water partition coefficient (Wildman–Crippen LogP) is 4.19. The topological polar surface area (TPSA) is 71.7 Å². The molecular formula is C27H25N7O. The first kappa shape index (κ1) is 21.1. The lowest BCUT2D eigenvalue weighted by atomic mass is 10.1. The summed E-state index contributed by atoms with van der Waals surface area (Å²) in [6.07, 6.45) is 3.52. The van der Waals surface area contributed by atoms with Gasteiger partial charge in [0.25, 0.3) is 5.78 Å². The largest absolute Gasteiger partial charge is 0.495 e. The zero-order valence-electron chi connectivity index (χ0n) is 19.5. The van der Waals surface area contributed by atoms with E-state index in [0.29, 0.717) is 11.6 Å². The third kappa shape index (κ3) is 4.03. The SMILES string of the molecule is COc1ccccc1N1CCN(c2cc(-c3ccccc3)nc3nc(-c4cccnc4)nn23)CC1. The first-order chi connectivity index (χ1) is 17.3. The van der Waals surface area contributed by atoms with Gasteiger partial charge in [0.1, 0.15) is 11.6 Å². The number of pyridine rings is 1. The molecule has 0 spiro atoms. The van der Waals surface area contributed by atoms with Gasteiger partial charge in [-0.05, 0) is 24.3 Å². The van der Waals surface area contributed by atoms with Crippen LogP contribution >= 0.6 is 0 Å². The van der Waals surface area contributed by atoms with E-state index < -0.39 is 0 Å². The summed E-state index contributed by atoms with van der Waals surface area (Å²) in [5, 5.41) is 4.83. The van der Waals surface area contributed by atoms with Gasteiger partial charge in [-0.1, -0.05) is 42.5 Å². The zero-order valence-corrected chi connectivity index (χ0v) is 19.5. The lowest BCUT2D eigenvalue weighted by molar-refractivity contribution is 0.413. The van der Waals surface area contributed by atoms with E-state index in [-0.39, 0.29) is 0 Å². The van der Waals surface area contributed by atoms with Gasteiger partial charge in [-0.3, -0.25) is 4.98 Å². The molecule has 0 atom stereocenters. The molecule has 8 heteroatoms. The second-order valence-corrected chi connectivity index (χ2v) is 8.40. The molecule has 0 saturated carbocycles. The molecule has 35 heavy (non-hydrogen) atoms. The maximum atomic E-state index is 5.59. The number of anilines is 2. The molecule has 1 aliphatic heterocycles. The number of piperazine rings is 1. The summed E-state index contributed by atoms with van der Waals surface area (Å²) in [6.45, 7) is 3.42. The molecule has 3 aromatic heterocycles. The molecule has 8 nitrogen and oxygen atoms in total. The van der Waals surface area contributed by atoms with Crippen molar-refractivity contribution in [3.8, 4) is 28.4 Å². The van der Waals surface area contributed by atoms with Crippen molar-refractivity contribution in [2.45, 2.75) is 0 Å². The maximum Gasteiger partial charge on any atom is 0.255 e. The summed E-state index contributed by atoms with van der Waals surface area (Å²) in [5.74, 6) is 3.07. The maximum absolute atomic E-state index is 5.59. The number of ether oxygens (including phenoxy) is 1. The molecule has 0 bridgehead atoms. The van der Waals surface area contributed by atoms with E-state index in [1.807, 2.05) is 47.0 Å². The number of fused-ring (bicyclic) bond motifs is 1. The van der Waals surface area contributed by atoms with E-state index in [4.69, 9.17) is 19.8 Å². The normalized spacial score (nSPS) is 13.9. The first-order valence-corrected chi connectivity index (χ1v) is 11.7. The van der Waals surface area contributed by atoms with Gasteiger partial charge in [-0.2, -0.15) is 9.50 Å². The van der Waals surface area contributed by atoms with Gasteiger partial charge in [0.15, 0.2) is 5.82 Å². The molecule has 0 radical (unpaired) electrons. The fraction of sp³-hybridized carbons (Fsp3) is 0.185. The fourth-order valence-electron chi connectivity index (χ4n) is 4.52. The van der Waals surface area contributed by atoms with Crippen LogP contribution in [0.15, 0.2) is 85.2 Å². The average molecular weight is 464 g/mol. The molecule has 6 rings (SSSR count). The van der Waals surface area contributed by atoms with Crippen molar-refractivity contribution >= 4 is 17.3 Å². The van der Waals surface area contributed by atoms with Crippen molar-refractivity contribution in [2.24, 2.45) is 0 Å². The Kier molecular flexibility index (Phi) is 5.46. The lowest BCUT2D eigenvalue weighted by Crippen LogP contribution is -2.47. The van der Waals surface area contributed by atoms with E-state index >= 15 is 0 Å². The third-order valence-electron chi connectivity index (χ3n) is 6.31. The van der Waals surface area contributed by atoms with Crippen LogP contribution in [0.3, 0.4) is 0 Å². The smallest absolute Gasteiger partial charge is 0.255 e. The number of benzene rings is 2. The predicted molar refractivity (Wildman–Crippen MR) is 137 cm³/mol. The van der Waals surface area contributed by atoms with Crippen molar-refractivity contribution in [1.82, 2.24) is 24.6 Å². The standard InChI is InChI=1S/C27H25N7O/c1-35-24-12-6-5-11-23(24)32-14-16-33(17-15-32)25-18-22(20-8-3-2-4-9-20)29-27-30-26(31-34(25)27)21-10-7-13-28-19-21/h2-13,18-19H,14-17H2,1H3. The molecular weight excluding hydrogens is 438 g/mol. The lowest BCUT2D eigenvalue weighted by Gasteiger charge is -2.37. The van der Waals surface area contributed by atoms with Crippen LogP contribution in [0.1, 0.15) is 0 Å². The minimum atomic E-state index is 0.576. The Balaban J connectivity index is 1.38. The zero-order chi connectivity index (χ0) is 23.6. The number of rotatable bonds is 5. The van der Waals surface area contributed by atoms with Crippen molar-refractivity contribution in [3.63, 3.8) is 0 Å². The van der Waals surface area contributed by atoms with E-state index in [2.05, 4.69) is 45.1 Å². The highest BCUT2D eigenvalue weighted by Crippen LogP contribution is 2.30. The second-order valence-electron chi connectivity index (χ2n) is 8.40. The molecule has 2 aromatic carbocycles. The third-order valence-corrected chi connectivity index (χ3v) is 6.31. The van der Waals surface area contributed by atoms with E-state index in [9.17, 15) is 0 Å². The number of hydrogen-bond acceptors (Lipinski definition) is 7. The van der Waals surface area contributed by atoms with Gasteiger partial charge < -0.3 is 14.5 Å². The van der Waals surface area contributed by atoms with Crippen LogP contribution in [-0.4, -0.2) is 57.9 Å². The Morgan fingerprint density at radius 3 is 2.29 bits per heavy atom. The number of para-hydroxylation sites is 2. The molecule has 1 saturated heterocycles. The van der Waals surface area contributed by atoms with Crippen LogP contribution in [-0.2, 0) is 0 Å². The van der Waals surface area contributed by atoms with Crippen LogP contribution in [0, 0.1) is 0 Å². The van der Waals surface area contributed by atoms with Gasteiger partial charge in [0.2, 0.25) is 0 Å². The summed E-state index contributed by atoms with van der Waals surface area (Å²) < 4.78 is 7.44. The average Bonchev–Trinajstić information content (AvgIpc) is 3.38. The van der Waals surface area contributed by atoms with E-state index in [1.54, 1.807) is 19.5 Å². The van der Waals surface area contributed by atoms with Crippen molar-refractivity contribution in [3.05, 3.63) is 85.2 Å². The molecule has 0 N–H and O–H groups in total. The van der Waals surface area contributed by atoms with Gasteiger partial charge in [0.05, 0.1) is 18.5 Å². The summed E-state index contributed by atoms with van der Waals surface area (Å²) in [4.78, 5) is 18.6. The Morgan fingerprint density at radius 1 is 0.771 bits per heavy atom. The number of nitrogens with zero attached hydrogens (tertiary/aromatic N) is 7. The van der Waals surface area contributed by atoms with Crippen molar-refractivity contribution < 1.29 is 4.74 Å². The Bertz CT molecular complexity index is 1440. The molecule has 5 aromatic rings. The highest BCUT2D eigenvalue weighted by Gasteiger charge is 2.23. The Labute approximate surface area is 203 Å². The van der Waals surface area contributed by atoms with Gasteiger partial charge >= 0.3 is 0 Å². The molecule has 4 heterocycles. The van der Waals surface area contributed by atoms with Crippen molar-refractivity contribution in [2.75, 3.05) is 43.1 Å². The molecule has 1 aliphatic rings. The molecule has 174 valence electrons. The molecule has 0 aliphatic carbocycles. The summed E-state index contributed by atoms with van der Waals surface area (Å²) in [6, 6.07) is 24.4. The van der Waals surface area contributed by atoms with Crippen LogP contribution < -0.4 is 14.5 Å². The van der Waals surface area contributed by atoms with Gasteiger partial charge in [0, 0.05) is 55.8 Å². The van der Waals surface area contributed by atoms with E-state index in [1.165, 1.54) is 0 Å². The second kappa shape index (κ2) is 9.06. The van der Waals surface area contributed by atoms with Crippen LogP contribution in [0.25, 0.3) is 28.4 Å². The van der Waals surface area contributed by atoms with E-state index in [0.717, 1.165) is 60.3 Å². The van der Waals surface area contributed by atoms with Crippen molar-refractivity contribution in [1.29, 1.82) is 0 Å². The molecule has 0 unspecified atom stereocenters. The fourth-order valence-corrected chi connectivity index (χ4v) is 4.52. The summed E-state index contributed by atoms with van der Waals surface area (Å²) in [7, 11) is 1.72. The number of hydrogen-bond donors (Lipinski definition) is 0. The van der Waals surface area contributed by atoms with Gasteiger partial charge in [-0.15, -0.1) is 5.10 Å².